The standard InChI is InChI=1S/C26H52O7Si3/c1-23(2)25(5)30-16-13-20-34(7,8)32-36(11,22-12-15-29-19-18-28-6)33-35(9,10)21-14-17-31-26(27)24(3)4/h1,3,5,12-22H2,2,4,6-11H3. The van der Waals surface area contributed by atoms with Crippen LogP contribution in [0.25, 0.3) is 0 Å². The summed E-state index contributed by atoms with van der Waals surface area (Å²) in [6.07, 6.45) is 2.57. The van der Waals surface area contributed by atoms with Crippen LogP contribution in [0, 0.1) is 0 Å². The molecule has 0 fully saturated rings. The maximum Gasteiger partial charge on any atom is 0.333 e. The number of esters is 1. The summed E-state index contributed by atoms with van der Waals surface area (Å²) < 4.78 is 35.6. The van der Waals surface area contributed by atoms with Crippen molar-refractivity contribution >= 4 is 31.2 Å². The quantitative estimate of drug-likeness (QED) is 0.0371. The van der Waals surface area contributed by atoms with Gasteiger partial charge in [-0.15, -0.1) is 0 Å². The maximum absolute atomic E-state index is 11.7. The van der Waals surface area contributed by atoms with Crippen LogP contribution in [-0.4, -0.2) is 71.3 Å². The number of carbonyl (C=O) groups is 1. The minimum absolute atomic E-state index is 0.338. The number of carbonyl (C=O) groups excluding carboxylic acids is 1. The Morgan fingerprint density at radius 3 is 1.64 bits per heavy atom. The van der Waals surface area contributed by atoms with Crippen molar-refractivity contribution in [3.05, 3.63) is 36.6 Å². The first kappa shape index (κ1) is 35.0. The van der Waals surface area contributed by atoms with Gasteiger partial charge in [0.05, 0.1) is 26.4 Å². The maximum atomic E-state index is 11.7. The number of rotatable bonds is 22. The van der Waals surface area contributed by atoms with Crippen molar-refractivity contribution in [2.45, 2.75) is 84.0 Å². The molecule has 210 valence electrons. The number of ether oxygens (including phenoxy) is 4. The molecule has 7 nitrogen and oxygen atoms in total. The Morgan fingerprint density at radius 1 is 0.667 bits per heavy atom. The molecule has 0 aliphatic rings. The minimum Gasteiger partial charge on any atom is -0.494 e. The summed E-state index contributed by atoms with van der Waals surface area (Å²) in [5.74, 6) is 0.308. The smallest absolute Gasteiger partial charge is 0.333 e. The molecule has 0 aliphatic carbocycles. The number of hydrogen-bond donors (Lipinski definition) is 0. The van der Waals surface area contributed by atoms with Crippen LogP contribution in [-0.2, 0) is 32.0 Å². The summed E-state index contributed by atoms with van der Waals surface area (Å²) in [5, 5.41) is 0. The highest BCUT2D eigenvalue weighted by Gasteiger charge is 2.42. The Hall–Kier alpha value is -1.02. The number of hydrogen-bond acceptors (Lipinski definition) is 7. The lowest BCUT2D eigenvalue weighted by Crippen LogP contribution is -2.54. The van der Waals surface area contributed by atoms with Crippen molar-refractivity contribution in [3.63, 3.8) is 0 Å². The zero-order chi connectivity index (χ0) is 27.8. The van der Waals surface area contributed by atoms with E-state index in [2.05, 4.69) is 52.5 Å². The summed E-state index contributed by atoms with van der Waals surface area (Å²) in [6.45, 7) is 29.0. The molecule has 0 spiro atoms. The highest BCUT2D eigenvalue weighted by Crippen LogP contribution is 2.30. The van der Waals surface area contributed by atoms with E-state index in [1.54, 1.807) is 14.0 Å². The molecule has 0 bridgehead atoms. The fourth-order valence-corrected chi connectivity index (χ4v) is 18.0. The van der Waals surface area contributed by atoms with Gasteiger partial charge in [0.1, 0.15) is 5.76 Å². The topological polar surface area (TPSA) is 72.5 Å². The molecular formula is C26H52O7Si3. The lowest BCUT2D eigenvalue weighted by atomic mass is 10.3. The summed E-state index contributed by atoms with van der Waals surface area (Å²) in [4.78, 5) is 11.7. The van der Waals surface area contributed by atoms with Gasteiger partial charge in [-0.05, 0) is 89.6 Å². The third kappa shape index (κ3) is 17.4. The zero-order valence-electron chi connectivity index (χ0n) is 24.3. The molecule has 0 aliphatic heterocycles. The predicted molar refractivity (Wildman–Crippen MR) is 155 cm³/mol. The van der Waals surface area contributed by atoms with Crippen LogP contribution in [0.5, 0.6) is 0 Å². The molecule has 1 unspecified atom stereocenters. The van der Waals surface area contributed by atoms with E-state index in [0.29, 0.717) is 44.4 Å². The Balaban J connectivity index is 5.04. The molecule has 10 heteroatoms. The molecule has 0 saturated heterocycles. The molecule has 0 rings (SSSR count). The van der Waals surface area contributed by atoms with E-state index in [1.165, 1.54) is 0 Å². The van der Waals surface area contributed by atoms with E-state index in [4.69, 9.17) is 27.2 Å². The van der Waals surface area contributed by atoms with Crippen molar-refractivity contribution < 1.29 is 32.0 Å². The van der Waals surface area contributed by atoms with E-state index in [1.807, 2.05) is 6.92 Å². The molecule has 0 N–H and O–H groups in total. The molecule has 36 heavy (non-hydrogen) atoms. The second-order valence-electron chi connectivity index (χ2n) is 10.7. The molecule has 0 aromatic heterocycles. The van der Waals surface area contributed by atoms with E-state index in [-0.39, 0.29) is 5.97 Å². The zero-order valence-corrected chi connectivity index (χ0v) is 27.3. The van der Waals surface area contributed by atoms with Crippen molar-refractivity contribution in [2.24, 2.45) is 0 Å². The molecule has 0 radical (unpaired) electrons. The highest BCUT2D eigenvalue weighted by molar-refractivity contribution is 6.88. The summed E-state index contributed by atoms with van der Waals surface area (Å²) >= 11 is 0. The SMILES string of the molecule is C=C(C)C(=C)OCCC[Si](C)(C)O[Si](C)(CCCOCCOC)O[Si](C)(C)CCCOC(=O)C(=C)C. The number of methoxy groups -OCH3 is 1. The van der Waals surface area contributed by atoms with Gasteiger partial charge in [-0.25, -0.2) is 4.79 Å². The Kier molecular flexibility index (Phi) is 17.0. The van der Waals surface area contributed by atoms with Crippen LogP contribution >= 0.6 is 0 Å². The minimum atomic E-state index is -2.47. The highest BCUT2D eigenvalue weighted by atomic mass is 28.5. The molecule has 0 amide bonds. The Bertz CT molecular complexity index is 660. The molecule has 0 aromatic carbocycles. The van der Waals surface area contributed by atoms with Crippen LogP contribution in [0.1, 0.15) is 33.1 Å². The third-order valence-corrected chi connectivity index (χ3v) is 17.8. The summed E-state index contributed by atoms with van der Waals surface area (Å²) in [6, 6.07) is 2.75. The van der Waals surface area contributed by atoms with Crippen LogP contribution in [0.3, 0.4) is 0 Å². The lowest BCUT2D eigenvalue weighted by Gasteiger charge is -2.41. The average Bonchev–Trinajstić information content (AvgIpc) is 2.75. The van der Waals surface area contributed by atoms with Crippen molar-refractivity contribution in [1.82, 2.24) is 0 Å². The van der Waals surface area contributed by atoms with Gasteiger partial charge in [-0.3, -0.25) is 0 Å². The normalized spacial score (nSPS) is 13.7. The summed E-state index contributed by atoms with van der Waals surface area (Å²) in [5.41, 5.74) is 1.27. The van der Waals surface area contributed by atoms with E-state index in [0.717, 1.165) is 43.0 Å². The summed E-state index contributed by atoms with van der Waals surface area (Å²) in [7, 11) is -4.84. The Labute approximate surface area is 223 Å². The lowest BCUT2D eigenvalue weighted by molar-refractivity contribution is -0.138. The van der Waals surface area contributed by atoms with Gasteiger partial charge in [-0.1, -0.05) is 19.7 Å². The first-order valence-electron chi connectivity index (χ1n) is 12.9. The molecule has 1 atom stereocenters. The van der Waals surface area contributed by atoms with Crippen LogP contribution in [0.4, 0.5) is 0 Å². The van der Waals surface area contributed by atoms with Gasteiger partial charge in [0.15, 0.2) is 16.6 Å². The number of allylic oxidation sites excluding steroid dienone is 1. The van der Waals surface area contributed by atoms with Crippen LogP contribution in [0.15, 0.2) is 36.6 Å². The largest absolute Gasteiger partial charge is 0.494 e. The third-order valence-electron chi connectivity index (χ3n) is 5.52. The predicted octanol–water partition coefficient (Wildman–Crippen LogP) is 6.56. The van der Waals surface area contributed by atoms with E-state index in [9.17, 15) is 4.79 Å². The average molecular weight is 561 g/mol. The van der Waals surface area contributed by atoms with Gasteiger partial charge in [-0.2, -0.15) is 0 Å². The fraction of sp³-hybridized carbons (Fsp3) is 0.731. The van der Waals surface area contributed by atoms with Gasteiger partial charge in [0.25, 0.3) is 0 Å². The van der Waals surface area contributed by atoms with Crippen molar-refractivity contribution in [2.75, 3.05) is 40.1 Å². The van der Waals surface area contributed by atoms with E-state index < -0.39 is 25.2 Å². The van der Waals surface area contributed by atoms with Crippen molar-refractivity contribution in [3.8, 4) is 0 Å². The molecular weight excluding hydrogens is 509 g/mol. The molecule has 0 heterocycles. The van der Waals surface area contributed by atoms with Crippen molar-refractivity contribution in [1.29, 1.82) is 0 Å². The Morgan fingerprint density at radius 2 is 1.17 bits per heavy atom. The fourth-order valence-electron chi connectivity index (χ4n) is 3.74. The van der Waals surface area contributed by atoms with Gasteiger partial charge in [0.2, 0.25) is 0 Å². The van der Waals surface area contributed by atoms with Crippen LogP contribution in [0.2, 0.25) is 50.9 Å². The monoisotopic (exact) mass is 560 g/mol. The second-order valence-corrected chi connectivity index (χ2v) is 23.2. The first-order chi connectivity index (χ1) is 16.6. The van der Waals surface area contributed by atoms with Gasteiger partial charge >= 0.3 is 14.5 Å². The van der Waals surface area contributed by atoms with Gasteiger partial charge < -0.3 is 27.2 Å². The van der Waals surface area contributed by atoms with E-state index >= 15 is 0 Å². The van der Waals surface area contributed by atoms with Crippen LogP contribution < -0.4 is 0 Å². The molecule has 0 aromatic rings. The first-order valence-corrected chi connectivity index (χ1v) is 21.7. The molecule has 0 saturated carbocycles. The second kappa shape index (κ2) is 17.5. The van der Waals surface area contributed by atoms with Gasteiger partial charge in [0, 0.05) is 19.3 Å².